The number of benzene rings is 1. The third-order valence-electron chi connectivity index (χ3n) is 4.82. The fraction of sp³-hybridized carbons (Fsp3) is 0.667. The van der Waals surface area contributed by atoms with Crippen LogP contribution in [0.25, 0.3) is 0 Å². The summed E-state index contributed by atoms with van der Waals surface area (Å²) in [5.74, 6) is 0.290. The predicted octanol–water partition coefficient (Wildman–Crippen LogP) is 4.25. The second kappa shape index (κ2) is 8.99. The van der Waals surface area contributed by atoms with E-state index in [0.717, 1.165) is 19.4 Å². The molecular formula is C21H37NO2Si. The molecule has 0 fully saturated rings. The molecule has 0 spiro atoms. The van der Waals surface area contributed by atoms with Crippen molar-refractivity contribution >= 4 is 19.2 Å². The molecule has 1 aromatic carbocycles. The monoisotopic (exact) mass is 363 g/mol. The predicted molar refractivity (Wildman–Crippen MR) is 110 cm³/mol. The molecule has 0 saturated heterocycles. The van der Waals surface area contributed by atoms with Gasteiger partial charge in [0.15, 0.2) is 0 Å². The second-order valence-electron chi connectivity index (χ2n) is 9.00. The summed E-state index contributed by atoms with van der Waals surface area (Å²) in [6.45, 7) is 14.5. The van der Waals surface area contributed by atoms with Crippen LogP contribution in [-0.4, -0.2) is 46.2 Å². The maximum atomic E-state index is 12.5. The van der Waals surface area contributed by atoms with E-state index in [4.69, 9.17) is 4.74 Å². The summed E-state index contributed by atoms with van der Waals surface area (Å²) in [5.41, 5.74) is 0.864. The Morgan fingerprint density at radius 2 is 1.72 bits per heavy atom. The summed E-state index contributed by atoms with van der Waals surface area (Å²) < 4.78 is 5.49. The third-order valence-corrected chi connectivity index (χ3v) is 6.89. The summed E-state index contributed by atoms with van der Waals surface area (Å²) >= 11 is 0. The standard InChI is InChI=1S/C21H37NO2Si/c1-9-17(18-10-12-19(13-11-18)25(6,7)8)16-21(2,3)20(23)24-15-14-22(4)5/h10-13,17H,9,14-16H2,1-8H3. The molecule has 1 atom stereocenters. The van der Waals surface area contributed by atoms with Gasteiger partial charge in [-0.15, -0.1) is 0 Å². The second-order valence-corrected chi connectivity index (χ2v) is 14.1. The van der Waals surface area contributed by atoms with E-state index >= 15 is 0 Å². The van der Waals surface area contributed by atoms with Gasteiger partial charge in [-0.1, -0.05) is 56.0 Å². The van der Waals surface area contributed by atoms with Crippen LogP contribution in [0.5, 0.6) is 0 Å². The van der Waals surface area contributed by atoms with Crippen LogP contribution in [-0.2, 0) is 9.53 Å². The number of carbonyl (C=O) groups excluding carboxylic acids is 1. The number of hydrogen-bond donors (Lipinski definition) is 0. The molecule has 1 rings (SSSR count). The van der Waals surface area contributed by atoms with E-state index in [9.17, 15) is 4.79 Å². The number of hydrogen-bond acceptors (Lipinski definition) is 3. The SMILES string of the molecule is CCC(CC(C)(C)C(=O)OCCN(C)C)c1ccc([Si](C)(C)C)cc1. The largest absolute Gasteiger partial charge is 0.464 e. The number of ether oxygens (including phenoxy) is 1. The van der Waals surface area contributed by atoms with Crippen LogP contribution in [0.2, 0.25) is 19.6 Å². The molecule has 3 nitrogen and oxygen atoms in total. The number of carbonyl (C=O) groups is 1. The van der Waals surface area contributed by atoms with E-state index in [1.54, 1.807) is 0 Å². The lowest BCUT2D eigenvalue weighted by atomic mass is 9.79. The van der Waals surface area contributed by atoms with Crippen LogP contribution < -0.4 is 5.19 Å². The highest BCUT2D eigenvalue weighted by Gasteiger charge is 2.32. The maximum Gasteiger partial charge on any atom is 0.311 e. The molecular weight excluding hydrogens is 326 g/mol. The van der Waals surface area contributed by atoms with Crippen molar-refractivity contribution in [2.45, 2.75) is 59.2 Å². The average Bonchev–Trinajstić information content (AvgIpc) is 2.51. The van der Waals surface area contributed by atoms with Gasteiger partial charge in [0.25, 0.3) is 0 Å². The first-order valence-corrected chi connectivity index (χ1v) is 12.9. The number of esters is 1. The summed E-state index contributed by atoms with van der Waals surface area (Å²) in [5, 5.41) is 1.48. The van der Waals surface area contributed by atoms with Crippen molar-refractivity contribution in [2.75, 3.05) is 27.2 Å². The summed E-state index contributed by atoms with van der Waals surface area (Å²) in [7, 11) is 2.70. The quantitative estimate of drug-likeness (QED) is 0.485. The summed E-state index contributed by atoms with van der Waals surface area (Å²) in [6.07, 6.45) is 1.84. The zero-order valence-electron chi connectivity index (χ0n) is 17.5. The molecule has 0 radical (unpaired) electrons. The molecule has 1 unspecified atom stereocenters. The van der Waals surface area contributed by atoms with Crippen LogP contribution in [0.4, 0.5) is 0 Å². The zero-order valence-corrected chi connectivity index (χ0v) is 18.5. The lowest BCUT2D eigenvalue weighted by Crippen LogP contribution is -2.37. The van der Waals surface area contributed by atoms with E-state index < -0.39 is 13.5 Å². The first kappa shape index (κ1) is 21.9. The van der Waals surface area contributed by atoms with Gasteiger partial charge in [0.05, 0.1) is 13.5 Å². The normalized spacial score (nSPS) is 13.8. The molecule has 25 heavy (non-hydrogen) atoms. The fourth-order valence-electron chi connectivity index (χ4n) is 2.97. The zero-order chi connectivity index (χ0) is 19.3. The number of nitrogens with zero attached hydrogens (tertiary/aromatic N) is 1. The van der Waals surface area contributed by atoms with Gasteiger partial charge in [-0.2, -0.15) is 0 Å². The van der Waals surface area contributed by atoms with Crippen LogP contribution in [0, 0.1) is 5.41 Å². The molecule has 0 heterocycles. The van der Waals surface area contributed by atoms with Gasteiger partial charge in [-0.25, -0.2) is 0 Å². The molecule has 0 N–H and O–H groups in total. The molecule has 0 saturated carbocycles. The Balaban J connectivity index is 2.77. The highest BCUT2D eigenvalue weighted by molar-refractivity contribution is 6.88. The average molecular weight is 364 g/mol. The van der Waals surface area contributed by atoms with Crippen molar-refractivity contribution in [1.29, 1.82) is 0 Å². The van der Waals surface area contributed by atoms with Crippen molar-refractivity contribution in [3.63, 3.8) is 0 Å². The molecule has 0 bridgehead atoms. The highest BCUT2D eigenvalue weighted by atomic mass is 28.3. The molecule has 4 heteroatoms. The van der Waals surface area contributed by atoms with Crippen LogP contribution >= 0.6 is 0 Å². The minimum Gasteiger partial charge on any atom is -0.464 e. The Kier molecular flexibility index (Phi) is 7.88. The Morgan fingerprint density at radius 3 is 2.16 bits per heavy atom. The third kappa shape index (κ3) is 6.94. The lowest BCUT2D eigenvalue weighted by Gasteiger charge is -2.28. The summed E-state index contributed by atoms with van der Waals surface area (Å²) in [6, 6.07) is 9.09. The van der Waals surface area contributed by atoms with Crippen molar-refractivity contribution in [2.24, 2.45) is 5.41 Å². The Morgan fingerprint density at radius 1 is 1.16 bits per heavy atom. The number of rotatable bonds is 9. The van der Waals surface area contributed by atoms with Gasteiger partial charge >= 0.3 is 5.97 Å². The van der Waals surface area contributed by atoms with Crippen LogP contribution in [0.15, 0.2) is 24.3 Å². The highest BCUT2D eigenvalue weighted by Crippen LogP contribution is 2.34. The van der Waals surface area contributed by atoms with E-state index in [2.05, 4.69) is 50.8 Å². The van der Waals surface area contributed by atoms with Crippen molar-refractivity contribution < 1.29 is 9.53 Å². The topological polar surface area (TPSA) is 29.5 Å². The first-order chi connectivity index (χ1) is 11.5. The summed E-state index contributed by atoms with van der Waals surface area (Å²) in [4.78, 5) is 14.5. The van der Waals surface area contributed by atoms with E-state index in [0.29, 0.717) is 12.5 Å². The Labute approximate surface area is 155 Å². The molecule has 0 amide bonds. The molecule has 142 valence electrons. The van der Waals surface area contributed by atoms with Gasteiger partial charge in [0.1, 0.15) is 6.61 Å². The smallest absolute Gasteiger partial charge is 0.311 e. The lowest BCUT2D eigenvalue weighted by molar-refractivity contribution is -0.154. The van der Waals surface area contributed by atoms with E-state index in [1.807, 2.05) is 32.8 Å². The Bertz CT molecular complexity index is 544. The first-order valence-electron chi connectivity index (χ1n) is 9.39. The van der Waals surface area contributed by atoms with Crippen LogP contribution in [0.3, 0.4) is 0 Å². The van der Waals surface area contributed by atoms with Crippen molar-refractivity contribution in [1.82, 2.24) is 4.90 Å². The maximum absolute atomic E-state index is 12.5. The van der Waals surface area contributed by atoms with E-state index in [-0.39, 0.29) is 5.97 Å². The van der Waals surface area contributed by atoms with Gasteiger partial charge < -0.3 is 9.64 Å². The minimum absolute atomic E-state index is 0.0912. The van der Waals surface area contributed by atoms with Gasteiger partial charge in [0.2, 0.25) is 0 Å². The molecule has 0 aromatic heterocycles. The fourth-order valence-corrected chi connectivity index (χ4v) is 4.14. The van der Waals surface area contributed by atoms with Gasteiger partial charge in [0, 0.05) is 6.54 Å². The number of likely N-dealkylation sites (N-methyl/N-ethyl adjacent to an activating group) is 1. The molecule has 0 aliphatic heterocycles. The minimum atomic E-state index is -1.27. The van der Waals surface area contributed by atoms with Gasteiger partial charge in [-0.3, -0.25) is 4.79 Å². The molecule has 1 aromatic rings. The van der Waals surface area contributed by atoms with Gasteiger partial charge in [-0.05, 0) is 52.3 Å². The molecule has 0 aliphatic rings. The Hall–Kier alpha value is -1.13. The van der Waals surface area contributed by atoms with Crippen molar-refractivity contribution in [3.05, 3.63) is 29.8 Å². The molecule has 0 aliphatic carbocycles. The van der Waals surface area contributed by atoms with E-state index in [1.165, 1.54) is 10.8 Å². The van der Waals surface area contributed by atoms with Crippen LogP contribution in [0.1, 0.15) is 45.1 Å². The van der Waals surface area contributed by atoms with Crippen molar-refractivity contribution in [3.8, 4) is 0 Å².